The molecular formula is C16H29ClN2O2. The zero-order valence-electron chi connectivity index (χ0n) is 12.8. The topological polar surface area (TPSA) is 52.6 Å². The first-order valence-electron chi connectivity index (χ1n) is 8.43. The van der Waals surface area contributed by atoms with E-state index in [1.54, 1.807) is 0 Å². The standard InChI is InChI=1S/C16H28N2O2.ClH/c19-15-7-5-14(6-8-15)18(11-12-3-4-12)16(20)13-2-1-9-17-10-13;/h12-15,17,19H,1-11H2;1H/t13-,14-,15-;/m0./s1. The largest absolute Gasteiger partial charge is 0.393 e. The SMILES string of the molecule is Cl.O=C([C@H]1CCCNC1)N(CC1CC1)[C@H]1CC[C@H](O)CC1. The van der Waals surface area contributed by atoms with Gasteiger partial charge in [0.2, 0.25) is 5.91 Å². The zero-order chi connectivity index (χ0) is 13.9. The molecule has 1 heterocycles. The van der Waals surface area contributed by atoms with Gasteiger partial charge in [0.1, 0.15) is 0 Å². The van der Waals surface area contributed by atoms with E-state index in [0.29, 0.717) is 11.9 Å². The van der Waals surface area contributed by atoms with Gasteiger partial charge in [-0.3, -0.25) is 4.79 Å². The highest BCUT2D eigenvalue weighted by Crippen LogP contribution is 2.33. The molecule has 2 aliphatic carbocycles. The average Bonchev–Trinajstić information content (AvgIpc) is 3.30. The number of hydrogen-bond acceptors (Lipinski definition) is 3. The maximum absolute atomic E-state index is 12.9. The Labute approximate surface area is 134 Å². The van der Waals surface area contributed by atoms with Crippen LogP contribution in [0.3, 0.4) is 0 Å². The van der Waals surface area contributed by atoms with Gasteiger partial charge in [-0.2, -0.15) is 0 Å². The van der Waals surface area contributed by atoms with Crippen molar-refractivity contribution in [1.82, 2.24) is 10.2 Å². The Hall–Kier alpha value is -0.320. The minimum absolute atomic E-state index is 0. The summed E-state index contributed by atoms with van der Waals surface area (Å²) in [7, 11) is 0. The number of carbonyl (C=O) groups excluding carboxylic acids is 1. The van der Waals surface area contributed by atoms with Crippen molar-refractivity contribution in [2.45, 2.75) is 63.5 Å². The van der Waals surface area contributed by atoms with Gasteiger partial charge in [-0.1, -0.05) is 0 Å². The molecule has 0 bridgehead atoms. The van der Waals surface area contributed by atoms with E-state index in [1.807, 2.05) is 0 Å². The van der Waals surface area contributed by atoms with E-state index in [2.05, 4.69) is 10.2 Å². The van der Waals surface area contributed by atoms with Crippen molar-refractivity contribution in [3.8, 4) is 0 Å². The zero-order valence-corrected chi connectivity index (χ0v) is 13.6. The Morgan fingerprint density at radius 1 is 1.10 bits per heavy atom. The predicted molar refractivity (Wildman–Crippen MR) is 85.5 cm³/mol. The summed E-state index contributed by atoms with van der Waals surface area (Å²) in [5.41, 5.74) is 0. The van der Waals surface area contributed by atoms with Crippen molar-refractivity contribution in [3.05, 3.63) is 0 Å². The molecule has 1 amide bonds. The quantitative estimate of drug-likeness (QED) is 0.833. The Bertz CT molecular complexity index is 335. The lowest BCUT2D eigenvalue weighted by Gasteiger charge is -2.38. The van der Waals surface area contributed by atoms with Crippen LogP contribution in [0.25, 0.3) is 0 Å². The van der Waals surface area contributed by atoms with E-state index in [4.69, 9.17) is 0 Å². The van der Waals surface area contributed by atoms with Crippen molar-refractivity contribution >= 4 is 18.3 Å². The van der Waals surface area contributed by atoms with Crippen LogP contribution in [0, 0.1) is 11.8 Å². The van der Waals surface area contributed by atoms with Crippen LogP contribution < -0.4 is 5.32 Å². The molecule has 2 saturated carbocycles. The number of nitrogens with zero attached hydrogens (tertiary/aromatic N) is 1. The molecule has 122 valence electrons. The highest BCUT2D eigenvalue weighted by Gasteiger charge is 2.36. The summed E-state index contributed by atoms with van der Waals surface area (Å²) in [6.45, 7) is 2.88. The Morgan fingerprint density at radius 2 is 1.81 bits per heavy atom. The predicted octanol–water partition coefficient (Wildman–Crippen LogP) is 1.95. The van der Waals surface area contributed by atoms with Crippen LogP contribution in [0.1, 0.15) is 51.4 Å². The molecule has 0 aromatic carbocycles. The van der Waals surface area contributed by atoms with Gasteiger partial charge < -0.3 is 15.3 Å². The van der Waals surface area contributed by atoms with Crippen LogP contribution in [-0.4, -0.2) is 47.7 Å². The van der Waals surface area contributed by atoms with Crippen molar-refractivity contribution in [2.75, 3.05) is 19.6 Å². The number of aliphatic hydroxyl groups is 1. The molecule has 3 fully saturated rings. The van der Waals surface area contributed by atoms with Crippen LogP contribution in [0.2, 0.25) is 0 Å². The molecule has 5 heteroatoms. The molecule has 1 atom stereocenters. The summed E-state index contributed by atoms with van der Waals surface area (Å²) in [4.78, 5) is 15.1. The minimum Gasteiger partial charge on any atom is -0.393 e. The van der Waals surface area contributed by atoms with E-state index in [-0.39, 0.29) is 24.4 Å². The summed E-state index contributed by atoms with van der Waals surface area (Å²) in [5.74, 6) is 1.32. The monoisotopic (exact) mass is 316 g/mol. The van der Waals surface area contributed by atoms with Crippen LogP contribution in [0.5, 0.6) is 0 Å². The lowest BCUT2D eigenvalue weighted by Crippen LogP contribution is -2.49. The highest BCUT2D eigenvalue weighted by molar-refractivity contribution is 5.85. The Balaban J connectivity index is 0.00000161. The fourth-order valence-electron chi connectivity index (χ4n) is 3.66. The van der Waals surface area contributed by atoms with E-state index in [9.17, 15) is 9.90 Å². The number of halogens is 1. The summed E-state index contributed by atoms with van der Waals surface area (Å²) in [6.07, 6.45) is 8.31. The van der Waals surface area contributed by atoms with Gasteiger partial charge in [0, 0.05) is 19.1 Å². The summed E-state index contributed by atoms with van der Waals surface area (Å²) >= 11 is 0. The van der Waals surface area contributed by atoms with E-state index < -0.39 is 0 Å². The molecule has 4 nitrogen and oxygen atoms in total. The van der Waals surface area contributed by atoms with Gasteiger partial charge in [-0.15, -0.1) is 12.4 Å². The van der Waals surface area contributed by atoms with Gasteiger partial charge in [-0.05, 0) is 63.8 Å². The second kappa shape index (κ2) is 7.80. The number of hydrogen-bond donors (Lipinski definition) is 2. The fraction of sp³-hybridized carbons (Fsp3) is 0.938. The molecule has 0 unspecified atom stereocenters. The van der Waals surface area contributed by atoms with Gasteiger partial charge in [0.15, 0.2) is 0 Å². The first kappa shape index (κ1) is 17.0. The smallest absolute Gasteiger partial charge is 0.227 e. The highest BCUT2D eigenvalue weighted by atomic mass is 35.5. The molecule has 0 aromatic heterocycles. The summed E-state index contributed by atoms with van der Waals surface area (Å²) < 4.78 is 0. The lowest BCUT2D eigenvalue weighted by atomic mass is 9.90. The normalized spacial score (nSPS) is 33.1. The molecule has 3 aliphatic rings. The van der Waals surface area contributed by atoms with Crippen LogP contribution >= 0.6 is 12.4 Å². The number of aliphatic hydroxyl groups excluding tert-OH is 1. The van der Waals surface area contributed by atoms with Crippen molar-refractivity contribution in [3.63, 3.8) is 0 Å². The van der Waals surface area contributed by atoms with Crippen LogP contribution in [0.15, 0.2) is 0 Å². The van der Waals surface area contributed by atoms with Crippen molar-refractivity contribution in [1.29, 1.82) is 0 Å². The first-order chi connectivity index (χ1) is 9.74. The molecule has 1 saturated heterocycles. The van der Waals surface area contributed by atoms with E-state index in [1.165, 1.54) is 12.8 Å². The van der Waals surface area contributed by atoms with Gasteiger partial charge in [-0.25, -0.2) is 0 Å². The average molecular weight is 317 g/mol. The molecule has 0 radical (unpaired) electrons. The molecule has 21 heavy (non-hydrogen) atoms. The Morgan fingerprint density at radius 3 is 2.38 bits per heavy atom. The number of rotatable bonds is 4. The maximum atomic E-state index is 12.9. The second-order valence-corrected chi connectivity index (χ2v) is 6.94. The molecule has 2 N–H and O–H groups in total. The summed E-state index contributed by atoms with van der Waals surface area (Å²) in [6, 6.07) is 0.383. The number of piperidine rings is 1. The van der Waals surface area contributed by atoms with Crippen LogP contribution in [-0.2, 0) is 4.79 Å². The molecular weight excluding hydrogens is 288 g/mol. The third kappa shape index (κ3) is 4.57. The van der Waals surface area contributed by atoms with Gasteiger partial charge in [0.25, 0.3) is 0 Å². The number of amides is 1. The van der Waals surface area contributed by atoms with E-state index >= 15 is 0 Å². The van der Waals surface area contributed by atoms with Gasteiger partial charge >= 0.3 is 0 Å². The minimum atomic E-state index is -0.138. The lowest BCUT2D eigenvalue weighted by molar-refractivity contribution is -0.140. The third-order valence-electron chi connectivity index (χ3n) is 5.19. The first-order valence-corrected chi connectivity index (χ1v) is 8.43. The fourth-order valence-corrected chi connectivity index (χ4v) is 3.66. The van der Waals surface area contributed by atoms with Crippen LogP contribution in [0.4, 0.5) is 0 Å². The van der Waals surface area contributed by atoms with Crippen molar-refractivity contribution in [2.24, 2.45) is 11.8 Å². The maximum Gasteiger partial charge on any atom is 0.227 e. The second-order valence-electron chi connectivity index (χ2n) is 6.94. The summed E-state index contributed by atoms with van der Waals surface area (Å²) in [5, 5.41) is 13.0. The molecule has 0 spiro atoms. The molecule has 3 rings (SSSR count). The number of nitrogens with one attached hydrogen (secondary N) is 1. The third-order valence-corrected chi connectivity index (χ3v) is 5.19. The van der Waals surface area contributed by atoms with E-state index in [0.717, 1.165) is 64.1 Å². The van der Waals surface area contributed by atoms with Crippen molar-refractivity contribution < 1.29 is 9.90 Å². The Kier molecular flexibility index (Phi) is 6.33. The molecule has 0 aromatic rings. The van der Waals surface area contributed by atoms with Gasteiger partial charge in [0.05, 0.1) is 12.0 Å². The number of carbonyl (C=O) groups is 1. The molecule has 1 aliphatic heterocycles.